The normalized spacial score (nSPS) is 11.3. The Morgan fingerprint density at radius 1 is 0.892 bits per heavy atom. The Morgan fingerprint density at radius 3 is 2.35 bits per heavy atom. The summed E-state index contributed by atoms with van der Waals surface area (Å²) in [5.74, 6) is 1.85. The highest BCUT2D eigenvalue weighted by molar-refractivity contribution is 7.98. The van der Waals surface area contributed by atoms with E-state index in [0.717, 1.165) is 39.4 Å². The Bertz CT molecular complexity index is 1770. The molecule has 1 N–H and O–H groups in total. The lowest BCUT2D eigenvalue weighted by atomic mass is 10.1. The smallest absolute Gasteiger partial charge is 0.283 e. The van der Waals surface area contributed by atoms with E-state index in [-0.39, 0.29) is 5.56 Å². The minimum atomic E-state index is -0.137. The molecule has 0 spiro atoms. The van der Waals surface area contributed by atoms with Crippen molar-refractivity contribution in [3.05, 3.63) is 118 Å². The van der Waals surface area contributed by atoms with E-state index in [2.05, 4.69) is 4.98 Å². The van der Waals surface area contributed by atoms with Gasteiger partial charge in [0.1, 0.15) is 16.8 Å². The van der Waals surface area contributed by atoms with Crippen molar-refractivity contribution >= 4 is 22.8 Å². The number of nitrogens with one attached hydrogen (secondary N) is 1. The molecule has 0 saturated carbocycles. The maximum atomic E-state index is 13.8. The van der Waals surface area contributed by atoms with Gasteiger partial charge in [-0.15, -0.1) is 0 Å². The number of nitrogens with zero attached hydrogens (tertiary/aromatic N) is 3. The number of hydrogen-bond donors (Lipinski definition) is 1. The van der Waals surface area contributed by atoms with Crippen molar-refractivity contribution < 1.29 is 4.42 Å². The molecule has 6 aromatic rings. The van der Waals surface area contributed by atoms with E-state index in [9.17, 15) is 4.79 Å². The maximum Gasteiger partial charge on any atom is 0.283 e. The second-order valence-corrected chi connectivity index (χ2v) is 9.79. The Balaban J connectivity index is 1.45. The van der Waals surface area contributed by atoms with E-state index in [1.165, 1.54) is 11.8 Å². The number of fused-ring (bicyclic) bond motifs is 1. The summed E-state index contributed by atoms with van der Waals surface area (Å²) in [5.41, 5.74) is 6.50. The molecule has 0 aliphatic rings. The largest absolute Gasteiger partial charge is 0.441 e. The van der Waals surface area contributed by atoms with Gasteiger partial charge in [0.15, 0.2) is 5.16 Å². The third-order valence-corrected chi connectivity index (χ3v) is 7.21. The molecular formula is C30H24N4O2S. The third kappa shape index (κ3) is 4.38. The zero-order valence-corrected chi connectivity index (χ0v) is 21.3. The number of oxazole rings is 1. The molecular weight excluding hydrogens is 480 g/mol. The van der Waals surface area contributed by atoms with Gasteiger partial charge in [0, 0.05) is 23.1 Å². The van der Waals surface area contributed by atoms with Crippen LogP contribution in [0, 0.1) is 13.8 Å². The number of rotatable bonds is 6. The van der Waals surface area contributed by atoms with Gasteiger partial charge in [-0.05, 0) is 49.2 Å². The number of benzene rings is 3. The first-order valence-electron chi connectivity index (χ1n) is 12.0. The Hall–Kier alpha value is -4.36. The maximum absolute atomic E-state index is 13.8. The van der Waals surface area contributed by atoms with E-state index in [1.54, 1.807) is 4.57 Å². The first-order valence-corrected chi connectivity index (χ1v) is 13.0. The van der Waals surface area contributed by atoms with Crippen LogP contribution in [0.5, 0.6) is 0 Å². The lowest BCUT2D eigenvalue weighted by Crippen LogP contribution is -2.22. The number of H-pyrrole nitrogens is 1. The summed E-state index contributed by atoms with van der Waals surface area (Å²) < 4.78 is 7.64. The topological polar surface area (TPSA) is 76.7 Å². The van der Waals surface area contributed by atoms with Gasteiger partial charge in [0.2, 0.25) is 5.89 Å². The van der Waals surface area contributed by atoms with Crippen molar-refractivity contribution in [2.75, 3.05) is 0 Å². The SMILES string of the molecule is Cc1cccc(-n2c(SCc3nc(-c4ccccc4)oc3C)nc3c(-c4ccccc4)c[nH]c3c2=O)c1. The number of thioether (sulfide) groups is 1. The summed E-state index contributed by atoms with van der Waals surface area (Å²) in [6, 6.07) is 27.7. The Labute approximate surface area is 218 Å². The number of aromatic nitrogens is 4. The van der Waals surface area contributed by atoms with Gasteiger partial charge in [-0.3, -0.25) is 9.36 Å². The molecule has 6 nitrogen and oxygen atoms in total. The fourth-order valence-electron chi connectivity index (χ4n) is 4.37. The molecule has 3 aromatic heterocycles. The monoisotopic (exact) mass is 504 g/mol. The fourth-order valence-corrected chi connectivity index (χ4v) is 5.37. The van der Waals surface area contributed by atoms with E-state index in [4.69, 9.17) is 14.4 Å². The van der Waals surface area contributed by atoms with Crippen molar-refractivity contribution in [2.24, 2.45) is 0 Å². The van der Waals surface area contributed by atoms with Crippen molar-refractivity contribution in [3.8, 4) is 28.3 Å². The molecule has 182 valence electrons. The van der Waals surface area contributed by atoms with Crippen LogP contribution in [0.3, 0.4) is 0 Å². The zero-order chi connectivity index (χ0) is 25.4. The molecule has 37 heavy (non-hydrogen) atoms. The summed E-state index contributed by atoms with van der Waals surface area (Å²) in [7, 11) is 0. The highest BCUT2D eigenvalue weighted by Gasteiger charge is 2.19. The second kappa shape index (κ2) is 9.59. The van der Waals surface area contributed by atoms with Crippen LogP contribution in [-0.4, -0.2) is 19.5 Å². The average molecular weight is 505 g/mol. The Morgan fingerprint density at radius 2 is 1.62 bits per heavy atom. The molecule has 0 saturated heterocycles. The van der Waals surface area contributed by atoms with E-state index in [0.29, 0.717) is 27.8 Å². The molecule has 0 aliphatic heterocycles. The first-order chi connectivity index (χ1) is 18.1. The minimum absolute atomic E-state index is 0.137. The zero-order valence-electron chi connectivity index (χ0n) is 20.4. The molecule has 0 aliphatic carbocycles. The van der Waals surface area contributed by atoms with Gasteiger partial charge in [-0.2, -0.15) is 0 Å². The van der Waals surface area contributed by atoms with Crippen LogP contribution in [-0.2, 0) is 5.75 Å². The molecule has 0 radical (unpaired) electrons. The van der Waals surface area contributed by atoms with Crippen LogP contribution >= 0.6 is 11.8 Å². The van der Waals surface area contributed by atoms with Gasteiger partial charge in [-0.25, -0.2) is 9.97 Å². The quantitative estimate of drug-likeness (QED) is 0.196. The summed E-state index contributed by atoms with van der Waals surface area (Å²) >= 11 is 1.48. The van der Waals surface area contributed by atoms with Gasteiger partial charge in [-0.1, -0.05) is 72.4 Å². The van der Waals surface area contributed by atoms with Crippen molar-refractivity contribution in [2.45, 2.75) is 24.8 Å². The van der Waals surface area contributed by atoms with Crippen LogP contribution in [0.2, 0.25) is 0 Å². The second-order valence-electron chi connectivity index (χ2n) is 8.84. The van der Waals surface area contributed by atoms with Crippen molar-refractivity contribution in [1.82, 2.24) is 19.5 Å². The molecule has 3 aromatic carbocycles. The highest BCUT2D eigenvalue weighted by atomic mass is 32.2. The molecule has 6 rings (SSSR count). The van der Waals surface area contributed by atoms with E-state index in [1.807, 2.05) is 105 Å². The first kappa shape index (κ1) is 23.1. The van der Waals surface area contributed by atoms with Gasteiger partial charge in [0.25, 0.3) is 5.56 Å². The van der Waals surface area contributed by atoms with E-state index < -0.39 is 0 Å². The van der Waals surface area contributed by atoms with E-state index >= 15 is 0 Å². The Kier molecular flexibility index (Phi) is 5.98. The minimum Gasteiger partial charge on any atom is -0.441 e. The third-order valence-electron chi connectivity index (χ3n) is 6.26. The predicted molar refractivity (Wildman–Crippen MR) is 148 cm³/mol. The average Bonchev–Trinajstić information content (AvgIpc) is 3.52. The van der Waals surface area contributed by atoms with Crippen LogP contribution in [0.25, 0.3) is 39.3 Å². The number of aryl methyl sites for hydroxylation is 2. The van der Waals surface area contributed by atoms with Crippen LogP contribution in [0.4, 0.5) is 0 Å². The standard InChI is InChI=1S/C30H24N4O2S/c1-19-10-9-15-23(16-19)34-29(35)27-26(24(17-31-27)21-11-5-3-6-12-21)33-30(34)37-18-25-20(2)36-28(32-25)22-13-7-4-8-14-22/h3-17,31H,18H2,1-2H3. The summed E-state index contributed by atoms with van der Waals surface area (Å²) in [4.78, 5) is 26.8. The highest BCUT2D eigenvalue weighted by Crippen LogP contribution is 2.31. The molecule has 0 atom stereocenters. The molecule has 3 heterocycles. The lowest BCUT2D eigenvalue weighted by Gasteiger charge is -2.13. The predicted octanol–water partition coefficient (Wildman–Crippen LogP) is 6.94. The molecule has 0 bridgehead atoms. The number of hydrogen-bond acceptors (Lipinski definition) is 5. The van der Waals surface area contributed by atoms with Crippen molar-refractivity contribution in [1.29, 1.82) is 0 Å². The molecule has 0 unspecified atom stereocenters. The molecule has 0 amide bonds. The van der Waals surface area contributed by atoms with Gasteiger partial charge in [0.05, 0.1) is 11.4 Å². The van der Waals surface area contributed by atoms with Gasteiger partial charge < -0.3 is 9.40 Å². The molecule has 7 heteroatoms. The van der Waals surface area contributed by atoms with Crippen LogP contribution in [0.15, 0.2) is 105 Å². The lowest BCUT2D eigenvalue weighted by molar-refractivity contribution is 0.540. The summed E-state index contributed by atoms with van der Waals surface area (Å²) in [5, 5.41) is 0.601. The van der Waals surface area contributed by atoms with Gasteiger partial charge >= 0.3 is 0 Å². The molecule has 0 fully saturated rings. The van der Waals surface area contributed by atoms with Crippen LogP contribution in [0.1, 0.15) is 17.0 Å². The fraction of sp³-hybridized carbons (Fsp3) is 0.100. The number of aromatic amines is 1. The van der Waals surface area contributed by atoms with Crippen molar-refractivity contribution in [3.63, 3.8) is 0 Å². The summed E-state index contributed by atoms with van der Waals surface area (Å²) in [6.07, 6.45) is 1.86. The van der Waals surface area contributed by atoms with Crippen LogP contribution < -0.4 is 5.56 Å². The summed E-state index contributed by atoms with van der Waals surface area (Å²) in [6.45, 7) is 3.93.